The normalized spacial score (nSPS) is 17.2. The van der Waals surface area contributed by atoms with Crippen molar-refractivity contribution >= 4 is 23.2 Å². The second-order valence-corrected chi connectivity index (χ2v) is 6.55. The second kappa shape index (κ2) is 6.48. The van der Waals surface area contributed by atoms with E-state index in [-0.39, 0.29) is 24.2 Å². The molecule has 4 nitrogen and oxygen atoms in total. The lowest BCUT2D eigenvalue weighted by Gasteiger charge is -2.17. The average molecular weight is 322 g/mol. The third-order valence-electron chi connectivity index (χ3n) is 4.49. The Bertz CT molecular complexity index is 781. The number of benzene rings is 2. The molecule has 1 fully saturated rings. The highest BCUT2D eigenvalue weighted by atomic mass is 16.2. The first-order valence-corrected chi connectivity index (χ1v) is 8.19. The predicted molar refractivity (Wildman–Crippen MR) is 96.2 cm³/mol. The number of hydrogen-bond acceptors (Lipinski definition) is 2. The van der Waals surface area contributed by atoms with E-state index in [0.29, 0.717) is 6.54 Å². The topological polar surface area (TPSA) is 49.4 Å². The third-order valence-corrected chi connectivity index (χ3v) is 4.49. The Labute approximate surface area is 142 Å². The van der Waals surface area contributed by atoms with Crippen LogP contribution in [0.1, 0.15) is 23.1 Å². The van der Waals surface area contributed by atoms with Crippen LogP contribution in [-0.2, 0) is 9.59 Å². The summed E-state index contributed by atoms with van der Waals surface area (Å²) < 4.78 is 0. The van der Waals surface area contributed by atoms with Crippen molar-refractivity contribution < 1.29 is 9.59 Å². The average Bonchev–Trinajstić information content (AvgIpc) is 2.94. The van der Waals surface area contributed by atoms with Gasteiger partial charge in [0.25, 0.3) is 0 Å². The number of amides is 2. The van der Waals surface area contributed by atoms with Crippen molar-refractivity contribution in [1.82, 2.24) is 0 Å². The molecule has 124 valence electrons. The van der Waals surface area contributed by atoms with E-state index in [2.05, 4.69) is 5.32 Å². The molecule has 2 aromatic carbocycles. The zero-order chi connectivity index (χ0) is 17.3. The number of hydrogen-bond donors (Lipinski definition) is 1. The molecule has 0 bridgehead atoms. The van der Waals surface area contributed by atoms with Crippen molar-refractivity contribution in [3.8, 4) is 0 Å². The molecule has 1 aliphatic heterocycles. The molecule has 2 aromatic rings. The highest BCUT2D eigenvalue weighted by Crippen LogP contribution is 2.27. The van der Waals surface area contributed by atoms with Crippen LogP contribution in [0.5, 0.6) is 0 Å². The minimum atomic E-state index is -0.321. The second-order valence-electron chi connectivity index (χ2n) is 6.55. The molecular weight excluding hydrogens is 300 g/mol. The van der Waals surface area contributed by atoms with Crippen molar-refractivity contribution in [2.45, 2.75) is 27.2 Å². The summed E-state index contributed by atoms with van der Waals surface area (Å²) in [6.07, 6.45) is 0.255. The van der Waals surface area contributed by atoms with Crippen LogP contribution in [0.2, 0.25) is 0 Å². The Hall–Kier alpha value is -2.62. The van der Waals surface area contributed by atoms with Gasteiger partial charge in [0, 0.05) is 24.3 Å². The van der Waals surface area contributed by atoms with E-state index in [1.165, 1.54) is 0 Å². The third kappa shape index (κ3) is 3.32. The number of carbonyl (C=O) groups is 2. The molecule has 0 saturated carbocycles. The van der Waals surface area contributed by atoms with Gasteiger partial charge in [-0.1, -0.05) is 29.8 Å². The summed E-state index contributed by atoms with van der Waals surface area (Å²) in [5.74, 6) is -0.412. The van der Waals surface area contributed by atoms with Crippen molar-refractivity contribution in [2.24, 2.45) is 5.92 Å². The van der Waals surface area contributed by atoms with Crippen LogP contribution in [0.4, 0.5) is 11.4 Å². The maximum Gasteiger partial charge on any atom is 0.229 e. The van der Waals surface area contributed by atoms with Gasteiger partial charge in [0.15, 0.2) is 0 Å². The molecule has 3 rings (SSSR count). The number of carbonyl (C=O) groups excluding carboxylic acids is 2. The van der Waals surface area contributed by atoms with Crippen LogP contribution in [0.3, 0.4) is 0 Å². The van der Waals surface area contributed by atoms with Crippen molar-refractivity contribution in [2.75, 3.05) is 16.8 Å². The van der Waals surface area contributed by atoms with E-state index in [4.69, 9.17) is 0 Å². The fourth-order valence-corrected chi connectivity index (χ4v) is 2.96. The van der Waals surface area contributed by atoms with Crippen molar-refractivity contribution in [3.63, 3.8) is 0 Å². The molecule has 0 aromatic heterocycles. The fourth-order valence-electron chi connectivity index (χ4n) is 2.96. The molecule has 1 aliphatic rings. The predicted octanol–water partition coefficient (Wildman–Crippen LogP) is 3.60. The quantitative estimate of drug-likeness (QED) is 0.938. The largest absolute Gasteiger partial charge is 0.326 e. The van der Waals surface area contributed by atoms with Gasteiger partial charge >= 0.3 is 0 Å². The van der Waals surface area contributed by atoms with E-state index in [9.17, 15) is 9.59 Å². The molecule has 24 heavy (non-hydrogen) atoms. The molecule has 1 atom stereocenters. The Kier molecular flexibility index (Phi) is 4.38. The Morgan fingerprint density at radius 1 is 1.04 bits per heavy atom. The van der Waals surface area contributed by atoms with E-state index < -0.39 is 0 Å². The molecule has 1 unspecified atom stereocenters. The molecule has 1 saturated heterocycles. The van der Waals surface area contributed by atoms with E-state index in [1.807, 2.05) is 63.2 Å². The molecule has 1 N–H and O–H groups in total. The van der Waals surface area contributed by atoms with Crippen LogP contribution in [0, 0.1) is 26.7 Å². The van der Waals surface area contributed by atoms with Crippen LogP contribution in [0.25, 0.3) is 0 Å². The maximum absolute atomic E-state index is 12.6. The van der Waals surface area contributed by atoms with E-state index in [1.54, 1.807) is 4.90 Å². The van der Waals surface area contributed by atoms with Crippen LogP contribution in [-0.4, -0.2) is 18.4 Å². The number of rotatable bonds is 3. The molecule has 4 heteroatoms. The first-order chi connectivity index (χ1) is 11.4. The van der Waals surface area contributed by atoms with Crippen molar-refractivity contribution in [1.29, 1.82) is 0 Å². The minimum absolute atomic E-state index is 0.0000303. The minimum Gasteiger partial charge on any atom is -0.326 e. The van der Waals surface area contributed by atoms with Gasteiger partial charge in [-0.3, -0.25) is 9.59 Å². The molecule has 1 heterocycles. The molecule has 0 spiro atoms. The van der Waals surface area contributed by atoms with Crippen LogP contribution in [0.15, 0.2) is 42.5 Å². The Balaban J connectivity index is 1.72. The summed E-state index contributed by atoms with van der Waals surface area (Å²) in [7, 11) is 0. The van der Waals surface area contributed by atoms with Gasteiger partial charge in [0.1, 0.15) is 0 Å². The number of nitrogens with one attached hydrogen (secondary N) is 1. The van der Waals surface area contributed by atoms with E-state index >= 15 is 0 Å². The Morgan fingerprint density at radius 2 is 1.71 bits per heavy atom. The van der Waals surface area contributed by atoms with Gasteiger partial charge in [-0.25, -0.2) is 0 Å². The molecule has 0 aliphatic carbocycles. The van der Waals surface area contributed by atoms with Crippen LogP contribution < -0.4 is 10.2 Å². The van der Waals surface area contributed by atoms with Gasteiger partial charge in [0.05, 0.1) is 5.92 Å². The lowest BCUT2D eigenvalue weighted by atomic mass is 10.1. The monoisotopic (exact) mass is 322 g/mol. The molecular formula is C20H22N2O2. The van der Waals surface area contributed by atoms with Gasteiger partial charge < -0.3 is 10.2 Å². The zero-order valence-corrected chi connectivity index (χ0v) is 14.3. The lowest BCUT2D eigenvalue weighted by molar-refractivity contribution is -0.122. The molecule has 0 radical (unpaired) electrons. The summed E-state index contributed by atoms with van der Waals surface area (Å²) in [5, 5.41) is 2.98. The standard InChI is InChI=1S/C20H22N2O2/c1-13-5-8-17(9-6-13)22-12-16(11-19(22)23)20(24)21-18-10-14(2)4-7-15(18)3/h4-10,16H,11-12H2,1-3H3,(H,21,24). The fraction of sp³-hybridized carbons (Fsp3) is 0.300. The first kappa shape index (κ1) is 16.2. The van der Waals surface area contributed by atoms with Gasteiger partial charge in [-0.15, -0.1) is 0 Å². The summed E-state index contributed by atoms with van der Waals surface area (Å²) >= 11 is 0. The highest BCUT2D eigenvalue weighted by Gasteiger charge is 2.35. The number of anilines is 2. The zero-order valence-electron chi connectivity index (χ0n) is 14.3. The maximum atomic E-state index is 12.6. The first-order valence-electron chi connectivity index (χ1n) is 8.19. The summed E-state index contributed by atoms with van der Waals surface area (Å²) in [5.41, 5.74) is 4.94. The SMILES string of the molecule is Cc1ccc(N2CC(C(=O)Nc3cc(C)ccc3C)CC2=O)cc1. The van der Waals surface area contributed by atoms with Gasteiger partial charge in [-0.05, 0) is 50.1 Å². The van der Waals surface area contributed by atoms with Gasteiger partial charge in [-0.2, -0.15) is 0 Å². The number of nitrogens with zero attached hydrogens (tertiary/aromatic N) is 1. The van der Waals surface area contributed by atoms with Gasteiger partial charge in [0.2, 0.25) is 11.8 Å². The molecule has 2 amide bonds. The van der Waals surface area contributed by atoms with Crippen LogP contribution >= 0.6 is 0 Å². The van der Waals surface area contributed by atoms with E-state index in [0.717, 1.165) is 28.1 Å². The summed E-state index contributed by atoms with van der Waals surface area (Å²) in [4.78, 5) is 26.6. The number of aryl methyl sites for hydroxylation is 3. The highest BCUT2D eigenvalue weighted by molar-refractivity contribution is 6.03. The lowest BCUT2D eigenvalue weighted by Crippen LogP contribution is -2.28. The Morgan fingerprint density at radius 3 is 2.42 bits per heavy atom. The summed E-state index contributed by atoms with van der Waals surface area (Å²) in [6, 6.07) is 13.8. The smallest absolute Gasteiger partial charge is 0.229 e. The summed E-state index contributed by atoms with van der Waals surface area (Å²) in [6.45, 7) is 6.40. The van der Waals surface area contributed by atoms with Crippen molar-refractivity contribution in [3.05, 3.63) is 59.2 Å².